The number of Topliss-reactive ketones (excluding diaryl/α,β-unsaturated/α-hetero) is 1. The number of rotatable bonds is 3. The lowest BCUT2D eigenvalue weighted by atomic mass is 10.1. The number of halogens is 1. The molecule has 0 amide bonds. The smallest absolute Gasteiger partial charge is 0.295 e. The third-order valence-electron chi connectivity index (χ3n) is 2.66. The van der Waals surface area contributed by atoms with Crippen molar-refractivity contribution in [3.63, 3.8) is 0 Å². The van der Waals surface area contributed by atoms with Crippen molar-refractivity contribution in [1.29, 1.82) is 0 Å². The minimum Gasteiger partial charge on any atom is -0.295 e. The number of hydrogen-bond donors (Lipinski definition) is 0. The van der Waals surface area contributed by atoms with Crippen LogP contribution in [0.5, 0.6) is 0 Å². The minimum atomic E-state index is -0.549. The number of nitro benzene ring substituents is 1. The molecular weight excluding hydrogens is 270 g/mol. The summed E-state index contributed by atoms with van der Waals surface area (Å²) in [7, 11) is 0. The number of carbonyl (C=O) groups is 1. The molecule has 7 heteroatoms. The molecule has 0 aliphatic rings. The molecule has 0 aliphatic carbocycles. The average Bonchev–Trinajstić information content (AvgIpc) is 2.68. The van der Waals surface area contributed by atoms with Crippen LogP contribution in [0.2, 0.25) is 5.02 Å². The number of benzene rings is 1. The average molecular weight is 280 g/mol. The van der Waals surface area contributed by atoms with E-state index in [1.54, 1.807) is 6.92 Å². The maximum absolute atomic E-state index is 11.3. The van der Waals surface area contributed by atoms with E-state index in [1.807, 2.05) is 0 Å². The van der Waals surface area contributed by atoms with Gasteiger partial charge in [0.15, 0.2) is 5.78 Å². The molecule has 0 fully saturated rings. The Bertz CT molecular complexity index is 659. The van der Waals surface area contributed by atoms with Gasteiger partial charge in [-0.25, -0.2) is 4.68 Å². The number of carbonyl (C=O) groups excluding carboxylic acids is 1. The molecule has 6 nitrogen and oxygen atoms in total. The maximum atomic E-state index is 11.3. The van der Waals surface area contributed by atoms with Crippen molar-refractivity contribution < 1.29 is 9.72 Å². The number of hydrogen-bond acceptors (Lipinski definition) is 4. The van der Waals surface area contributed by atoms with E-state index < -0.39 is 4.92 Å². The van der Waals surface area contributed by atoms with Gasteiger partial charge in [0.25, 0.3) is 5.69 Å². The Hall–Kier alpha value is -2.21. The standard InChI is InChI=1S/C12H10ClN3O3/c1-7-10(13)6-15(14-7)11-4-3-9(8(2)17)5-12(11)16(18)19/h3-6H,1-2H3. The second kappa shape index (κ2) is 4.81. The third kappa shape index (κ3) is 2.48. The second-order valence-electron chi connectivity index (χ2n) is 4.02. The molecule has 1 aromatic carbocycles. The summed E-state index contributed by atoms with van der Waals surface area (Å²) >= 11 is 5.89. The van der Waals surface area contributed by atoms with Crippen LogP contribution in [0.1, 0.15) is 23.0 Å². The van der Waals surface area contributed by atoms with Crippen LogP contribution in [0, 0.1) is 17.0 Å². The van der Waals surface area contributed by atoms with Crippen LogP contribution in [0.15, 0.2) is 24.4 Å². The normalized spacial score (nSPS) is 10.5. The van der Waals surface area contributed by atoms with Crippen LogP contribution >= 0.6 is 11.6 Å². The summed E-state index contributed by atoms with van der Waals surface area (Å²) in [4.78, 5) is 21.8. The van der Waals surface area contributed by atoms with E-state index in [9.17, 15) is 14.9 Å². The van der Waals surface area contributed by atoms with Crippen LogP contribution in [-0.4, -0.2) is 20.5 Å². The predicted molar refractivity (Wildman–Crippen MR) is 70.0 cm³/mol. The lowest BCUT2D eigenvalue weighted by Gasteiger charge is -2.04. The molecule has 19 heavy (non-hydrogen) atoms. The van der Waals surface area contributed by atoms with Gasteiger partial charge >= 0.3 is 0 Å². The van der Waals surface area contributed by atoms with Crippen molar-refractivity contribution >= 4 is 23.1 Å². The number of nitrogens with zero attached hydrogens (tertiary/aromatic N) is 3. The fourth-order valence-corrected chi connectivity index (χ4v) is 1.78. The van der Waals surface area contributed by atoms with E-state index in [-0.39, 0.29) is 22.7 Å². The van der Waals surface area contributed by atoms with Crippen LogP contribution < -0.4 is 0 Å². The first-order chi connectivity index (χ1) is 8.90. The van der Waals surface area contributed by atoms with Crippen molar-refractivity contribution in [2.45, 2.75) is 13.8 Å². The summed E-state index contributed by atoms with van der Waals surface area (Å²) in [6.07, 6.45) is 1.49. The summed E-state index contributed by atoms with van der Waals surface area (Å²) < 4.78 is 1.33. The Labute approximate surface area is 113 Å². The molecule has 0 N–H and O–H groups in total. The van der Waals surface area contributed by atoms with Gasteiger partial charge in [-0.2, -0.15) is 5.10 Å². The summed E-state index contributed by atoms with van der Waals surface area (Å²) in [5.41, 5.74) is 0.939. The predicted octanol–water partition coefficient (Wildman–Crippen LogP) is 2.94. The van der Waals surface area contributed by atoms with Gasteiger partial charge in [-0.3, -0.25) is 14.9 Å². The largest absolute Gasteiger partial charge is 0.295 e. The summed E-state index contributed by atoms with van der Waals surface area (Å²) in [5, 5.41) is 15.6. The van der Waals surface area contributed by atoms with E-state index in [0.29, 0.717) is 10.7 Å². The lowest BCUT2D eigenvalue weighted by Crippen LogP contribution is -2.03. The highest BCUT2D eigenvalue weighted by molar-refractivity contribution is 6.31. The first kappa shape index (κ1) is 13.2. The van der Waals surface area contributed by atoms with E-state index in [4.69, 9.17) is 11.6 Å². The molecule has 2 aromatic rings. The number of aryl methyl sites for hydroxylation is 1. The van der Waals surface area contributed by atoms with Crippen LogP contribution in [0.4, 0.5) is 5.69 Å². The fraction of sp³-hybridized carbons (Fsp3) is 0.167. The molecule has 1 aromatic heterocycles. The van der Waals surface area contributed by atoms with E-state index >= 15 is 0 Å². The molecule has 0 spiro atoms. The number of aromatic nitrogens is 2. The molecule has 0 atom stereocenters. The zero-order valence-corrected chi connectivity index (χ0v) is 11.0. The summed E-state index contributed by atoms with van der Waals surface area (Å²) in [6.45, 7) is 3.06. The highest BCUT2D eigenvalue weighted by Crippen LogP contribution is 2.26. The number of ketones is 1. The van der Waals surface area contributed by atoms with Gasteiger partial charge in [-0.1, -0.05) is 11.6 Å². The van der Waals surface area contributed by atoms with Crippen LogP contribution in [0.3, 0.4) is 0 Å². The molecule has 0 saturated carbocycles. The highest BCUT2D eigenvalue weighted by Gasteiger charge is 2.19. The molecule has 0 bridgehead atoms. The van der Waals surface area contributed by atoms with Gasteiger partial charge in [0.2, 0.25) is 0 Å². The van der Waals surface area contributed by atoms with Crippen molar-refractivity contribution in [3.05, 3.63) is 50.8 Å². The molecule has 0 aliphatic heterocycles. The minimum absolute atomic E-state index is 0.188. The lowest BCUT2D eigenvalue weighted by molar-refractivity contribution is -0.384. The summed E-state index contributed by atoms with van der Waals surface area (Å²) in [5.74, 6) is -0.232. The molecule has 2 rings (SSSR count). The monoisotopic (exact) mass is 279 g/mol. The van der Waals surface area contributed by atoms with E-state index in [0.717, 1.165) is 0 Å². The number of nitro groups is 1. The van der Waals surface area contributed by atoms with Crippen LogP contribution in [0.25, 0.3) is 5.69 Å². The Balaban J connectivity index is 2.63. The highest BCUT2D eigenvalue weighted by atomic mass is 35.5. The molecular formula is C12H10ClN3O3. The Morgan fingerprint density at radius 2 is 2.16 bits per heavy atom. The van der Waals surface area contributed by atoms with Crippen molar-refractivity contribution in [3.8, 4) is 5.69 Å². The first-order valence-corrected chi connectivity index (χ1v) is 5.79. The van der Waals surface area contributed by atoms with E-state index in [1.165, 1.54) is 36.0 Å². The Morgan fingerprint density at radius 1 is 1.47 bits per heavy atom. The van der Waals surface area contributed by atoms with Crippen molar-refractivity contribution in [2.24, 2.45) is 0 Å². The molecule has 0 saturated heterocycles. The van der Waals surface area contributed by atoms with Gasteiger partial charge in [0.1, 0.15) is 5.69 Å². The SMILES string of the molecule is CC(=O)c1ccc(-n2cc(Cl)c(C)n2)c([N+](=O)[O-])c1. The zero-order valence-electron chi connectivity index (χ0n) is 10.3. The van der Waals surface area contributed by atoms with Gasteiger partial charge in [0, 0.05) is 17.8 Å². The van der Waals surface area contributed by atoms with Gasteiger partial charge in [-0.05, 0) is 26.0 Å². The Morgan fingerprint density at radius 3 is 2.63 bits per heavy atom. The van der Waals surface area contributed by atoms with E-state index in [2.05, 4.69) is 5.10 Å². The zero-order chi connectivity index (χ0) is 14.2. The molecule has 0 radical (unpaired) electrons. The first-order valence-electron chi connectivity index (χ1n) is 5.41. The van der Waals surface area contributed by atoms with Crippen LogP contribution in [-0.2, 0) is 0 Å². The van der Waals surface area contributed by atoms with Crippen molar-refractivity contribution in [2.75, 3.05) is 0 Å². The molecule has 0 unspecified atom stereocenters. The van der Waals surface area contributed by atoms with Crippen molar-refractivity contribution in [1.82, 2.24) is 9.78 Å². The maximum Gasteiger partial charge on any atom is 0.295 e. The third-order valence-corrected chi connectivity index (χ3v) is 3.04. The second-order valence-corrected chi connectivity index (χ2v) is 4.43. The molecule has 98 valence electrons. The van der Waals surface area contributed by atoms with Gasteiger partial charge < -0.3 is 0 Å². The van der Waals surface area contributed by atoms with Gasteiger partial charge in [-0.15, -0.1) is 0 Å². The topological polar surface area (TPSA) is 78.0 Å². The fourth-order valence-electron chi connectivity index (χ4n) is 1.64. The molecule has 1 heterocycles. The Kier molecular flexibility index (Phi) is 3.35. The quantitative estimate of drug-likeness (QED) is 0.491. The summed E-state index contributed by atoms with van der Waals surface area (Å²) in [6, 6.07) is 4.25. The van der Waals surface area contributed by atoms with Gasteiger partial charge in [0.05, 0.1) is 15.6 Å².